The maximum atomic E-state index is 12.8. The molecule has 0 unspecified atom stereocenters. The highest BCUT2D eigenvalue weighted by atomic mass is 32.2. The number of rotatable bonds is 5. The summed E-state index contributed by atoms with van der Waals surface area (Å²) in [5, 5.41) is 3.76. The molecule has 0 atom stereocenters. The number of aryl methyl sites for hydroxylation is 1. The van der Waals surface area contributed by atoms with Gasteiger partial charge in [0.2, 0.25) is 5.91 Å². The van der Waals surface area contributed by atoms with E-state index in [0.29, 0.717) is 6.07 Å². The van der Waals surface area contributed by atoms with Crippen LogP contribution in [0, 0.1) is 6.92 Å². The molecule has 24 heavy (non-hydrogen) atoms. The van der Waals surface area contributed by atoms with Gasteiger partial charge in [0.25, 0.3) is 10.0 Å². The van der Waals surface area contributed by atoms with Crippen molar-refractivity contribution < 1.29 is 26.4 Å². The summed E-state index contributed by atoms with van der Waals surface area (Å²) in [5.41, 5.74) is 4.06. The fraction of sp³-hybridized carbons (Fsp3) is 0.231. The summed E-state index contributed by atoms with van der Waals surface area (Å²) in [6.07, 6.45) is -3.36. The topological polar surface area (TPSA) is 107 Å². The average molecular weight is 362 g/mol. The number of carbonyl (C=O) groups is 1. The maximum Gasteiger partial charge on any atom is 0.416 e. The summed E-state index contributed by atoms with van der Waals surface area (Å²) in [5.74, 6) is -0.827. The number of aromatic nitrogens is 2. The Labute approximate surface area is 135 Å². The molecule has 2 rings (SSSR count). The Morgan fingerprint density at radius 2 is 2.00 bits per heavy atom. The van der Waals surface area contributed by atoms with E-state index in [1.54, 1.807) is 0 Å². The maximum absolute atomic E-state index is 12.8. The first-order valence-corrected chi connectivity index (χ1v) is 7.99. The van der Waals surface area contributed by atoms with Gasteiger partial charge in [-0.3, -0.25) is 14.2 Å². The van der Waals surface area contributed by atoms with E-state index in [1.165, 1.54) is 19.2 Å². The number of halogens is 3. The van der Waals surface area contributed by atoms with Crippen LogP contribution in [0.4, 0.5) is 19.0 Å². The van der Waals surface area contributed by atoms with Crippen LogP contribution in [0.15, 0.2) is 35.4 Å². The zero-order valence-electron chi connectivity index (χ0n) is 12.3. The van der Waals surface area contributed by atoms with Gasteiger partial charge in [-0.2, -0.15) is 18.3 Å². The normalized spacial score (nSPS) is 12.2. The molecule has 1 amide bonds. The van der Waals surface area contributed by atoms with Crippen molar-refractivity contribution in [2.75, 3.05) is 4.72 Å². The lowest BCUT2D eigenvalue weighted by Gasteiger charge is -2.11. The number of primary amides is 1. The third kappa shape index (κ3) is 4.25. The Balaban J connectivity index is 2.32. The third-order valence-corrected chi connectivity index (χ3v) is 4.22. The Hall–Kier alpha value is -2.56. The van der Waals surface area contributed by atoms with Crippen molar-refractivity contribution >= 4 is 21.7 Å². The predicted octanol–water partition coefficient (Wildman–Crippen LogP) is 1.50. The van der Waals surface area contributed by atoms with Gasteiger partial charge in [0, 0.05) is 12.3 Å². The summed E-state index contributed by atoms with van der Waals surface area (Å²) in [4.78, 5) is 10.2. The quantitative estimate of drug-likeness (QED) is 0.840. The lowest BCUT2D eigenvalue weighted by molar-refractivity contribution is -0.137. The summed E-state index contributed by atoms with van der Waals surface area (Å²) in [6.45, 7) is 1.10. The predicted molar refractivity (Wildman–Crippen MR) is 78.4 cm³/mol. The molecule has 1 heterocycles. The standard InChI is InChI=1S/C13H13F3N4O3S/c1-8-4-9(13(14,15)16)6-10(5-8)24(22,23)19-12-2-3-20(18-12)7-11(17)21/h2-6H,7H2,1H3,(H2,17,21)(H,18,19). The first-order valence-electron chi connectivity index (χ1n) is 6.51. The summed E-state index contributed by atoms with van der Waals surface area (Å²) < 4.78 is 66.1. The molecule has 0 spiro atoms. The highest BCUT2D eigenvalue weighted by Crippen LogP contribution is 2.31. The molecular weight excluding hydrogens is 349 g/mol. The van der Waals surface area contributed by atoms with Gasteiger partial charge < -0.3 is 5.73 Å². The number of nitrogens with two attached hydrogens (primary N) is 1. The molecule has 0 radical (unpaired) electrons. The van der Waals surface area contributed by atoms with Gasteiger partial charge in [-0.25, -0.2) is 8.42 Å². The molecule has 130 valence electrons. The van der Waals surface area contributed by atoms with Crippen molar-refractivity contribution in [1.82, 2.24) is 9.78 Å². The minimum absolute atomic E-state index is 0.143. The van der Waals surface area contributed by atoms with Crippen LogP contribution in [0.2, 0.25) is 0 Å². The number of carbonyl (C=O) groups excluding carboxylic acids is 1. The first-order chi connectivity index (χ1) is 11.0. The van der Waals surface area contributed by atoms with E-state index >= 15 is 0 Å². The Bertz CT molecular complexity index is 875. The Morgan fingerprint density at radius 3 is 2.58 bits per heavy atom. The van der Waals surface area contributed by atoms with Gasteiger partial charge in [0.15, 0.2) is 5.82 Å². The number of amides is 1. The average Bonchev–Trinajstić information content (AvgIpc) is 2.82. The molecule has 0 bridgehead atoms. The van der Waals surface area contributed by atoms with Gasteiger partial charge in [0.1, 0.15) is 6.54 Å². The van der Waals surface area contributed by atoms with E-state index < -0.39 is 32.6 Å². The molecule has 0 aliphatic heterocycles. The van der Waals surface area contributed by atoms with Gasteiger partial charge in [-0.05, 0) is 30.7 Å². The van der Waals surface area contributed by atoms with Crippen molar-refractivity contribution in [1.29, 1.82) is 0 Å². The number of alkyl halides is 3. The molecule has 0 saturated heterocycles. The minimum atomic E-state index is -4.67. The summed E-state index contributed by atoms with van der Waals surface area (Å²) >= 11 is 0. The van der Waals surface area contributed by atoms with Crippen LogP contribution in [0.5, 0.6) is 0 Å². The lowest BCUT2D eigenvalue weighted by Crippen LogP contribution is -2.19. The second kappa shape index (κ2) is 6.15. The molecule has 0 fully saturated rings. The van der Waals surface area contributed by atoms with E-state index in [1.807, 2.05) is 0 Å². The van der Waals surface area contributed by atoms with Crippen LogP contribution in [0.3, 0.4) is 0 Å². The largest absolute Gasteiger partial charge is 0.416 e. The first kappa shape index (κ1) is 17.8. The van der Waals surface area contributed by atoms with Crippen LogP contribution in [-0.2, 0) is 27.5 Å². The number of nitrogens with one attached hydrogen (secondary N) is 1. The summed E-state index contributed by atoms with van der Waals surface area (Å²) in [6, 6.07) is 3.75. The van der Waals surface area contributed by atoms with Crippen LogP contribution in [0.1, 0.15) is 11.1 Å². The van der Waals surface area contributed by atoms with Crippen molar-refractivity contribution in [2.45, 2.75) is 24.5 Å². The van der Waals surface area contributed by atoms with Crippen LogP contribution >= 0.6 is 0 Å². The number of sulfonamides is 1. The van der Waals surface area contributed by atoms with Crippen LogP contribution in [0.25, 0.3) is 0 Å². The van der Waals surface area contributed by atoms with Crippen LogP contribution < -0.4 is 10.5 Å². The molecule has 3 N–H and O–H groups in total. The van der Waals surface area contributed by atoms with Gasteiger partial charge in [-0.15, -0.1) is 0 Å². The molecule has 0 saturated carbocycles. The van der Waals surface area contributed by atoms with E-state index in [2.05, 4.69) is 9.82 Å². The van der Waals surface area contributed by atoms with Gasteiger partial charge in [-0.1, -0.05) is 0 Å². The SMILES string of the molecule is Cc1cc(C(F)(F)F)cc(S(=O)(=O)Nc2ccn(CC(N)=O)n2)c1. The number of hydrogen-bond donors (Lipinski definition) is 2. The van der Waals surface area contributed by atoms with E-state index in [4.69, 9.17) is 5.73 Å². The van der Waals surface area contributed by atoms with Crippen molar-refractivity contribution in [3.05, 3.63) is 41.6 Å². The molecule has 2 aromatic rings. The van der Waals surface area contributed by atoms with Gasteiger partial charge in [0.05, 0.1) is 10.5 Å². The van der Waals surface area contributed by atoms with Crippen molar-refractivity contribution in [2.24, 2.45) is 5.73 Å². The van der Waals surface area contributed by atoms with E-state index in [9.17, 15) is 26.4 Å². The van der Waals surface area contributed by atoms with Crippen molar-refractivity contribution in [3.8, 4) is 0 Å². The molecule has 11 heteroatoms. The summed E-state index contributed by atoms with van der Waals surface area (Å²) in [7, 11) is -4.28. The third-order valence-electron chi connectivity index (χ3n) is 2.89. The molecule has 0 aliphatic carbocycles. The lowest BCUT2D eigenvalue weighted by atomic mass is 10.1. The Morgan fingerprint density at radius 1 is 1.33 bits per heavy atom. The molecule has 0 aliphatic rings. The van der Waals surface area contributed by atoms with Gasteiger partial charge >= 0.3 is 6.18 Å². The highest BCUT2D eigenvalue weighted by molar-refractivity contribution is 7.92. The Kier molecular flexibility index (Phi) is 4.56. The second-order valence-corrected chi connectivity index (χ2v) is 6.69. The van der Waals surface area contributed by atoms with E-state index in [-0.39, 0.29) is 17.9 Å². The van der Waals surface area contributed by atoms with Crippen LogP contribution in [-0.4, -0.2) is 24.1 Å². The zero-order valence-corrected chi connectivity index (χ0v) is 13.1. The second-order valence-electron chi connectivity index (χ2n) is 5.00. The van der Waals surface area contributed by atoms with Crippen molar-refractivity contribution in [3.63, 3.8) is 0 Å². The monoisotopic (exact) mass is 362 g/mol. The highest BCUT2D eigenvalue weighted by Gasteiger charge is 2.32. The minimum Gasteiger partial charge on any atom is -0.368 e. The zero-order chi connectivity index (χ0) is 18.1. The molecular formula is C13H13F3N4O3S. The van der Waals surface area contributed by atoms with E-state index in [0.717, 1.165) is 16.8 Å². The number of nitrogens with zero attached hydrogens (tertiary/aromatic N) is 2. The number of anilines is 1. The molecule has 7 nitrogen and oxygen atoms in total. The fourth-order valence-corrected chi connectivity index (χ4v) is 3.05. The smallest absolute Gasteiger partial charge is 0.368 e. The molecule has 1 aromatic carbocycles. The molecule has 1 aromatic heterocycles. The number of benzene rings is 1. The number of hydrogen-bond acceptors (Lipinski definition) is 4. The fourth-order valence-electron chi connectivity index (χ4n) is 1.93.